The summed E-state index contributed by atoms with van der Waals surface area (Å²) in [6.45, 7) is 2.37. The highest BCUT2D eigenvalue weighted by Crippen LogP contribution is 2.06. The van der Waals surface area contributed by atoms with Crippen molar-refractivity contribution < 1.29 is 29.6 Å². The van der Waals surface area contributed by atoms with Crippen LogP contribution in [-0.4, -0.2) is 66.1 Å². The first-order valence-corrected chi connectivity index (χ1v) is 5.30. The number of methoxy groups -OCH3 is 1. The minimum Gasteiger partial charge on any atom is -0.394 e. The Bertz CT molecular complexity index is 223. The highest BCUT2D eigenvalue weighted by atomic mass is 16.6. The van der Waals surface area contributed by atoms with E-state index in [1.807, 2.05) is 0 Å². The monoisotopic (exact) mass is 251 g/mol. The SMILES string of the molecule is COCC(OC(O)[C@@H](CO)NC(C)=O)[C@H](C)O. The van der Waals surface area contributed by atoms with Gasteiger partial charge < -0.3 is 30.1 Å². The number of carbonyl (C=O) groups excluding carboxylic acids is 1. The van der Waals surface area contributed by atoms with E-state index in [2.05, 4.69) is 5.32 Å². The van der Waals surface area contributed by atoms with Crippen LogP contribution in [0.15, 0.2) is 0 Å². The van der Waals surface area contributed by atoms with Crippen LogP contribution in [0.2, 0.25) is 0 Å². The predicted octanol–water partition coefficient (Wildman–Crippen LogP) is -1.79. The van der Waals surface area contributed by atoms with Crippen molar-refractivity contribution in [3.05, 3.63) is 0 Å². The van der Waals surface area contributed by atoms with Gasteiger partial charge in [-0.2, -0.15) is 0 Å². The molecule has 0 rings (SSSR count). The van der Waals surface area contributed by atoms with Gasteiger partial charge in [0, 0.05) is 14.0 Å². The average molecular weight is 251 g/mol. The molecule has 1 amide bonds. The molecule has 0 aromatic heterocycles. The van der Waals surface area contributed by atoms with Gasteiger partial charge >= 0.3 is 0 Å². The Morgan fingerprint density at radius 1 is 1.41 bits per heavy atom. The quantitative estimate of drug-likeness (QED) is 0.380. The summed E-state index contributed by atoms with van der Waals surface area (Å²) in [5.74, 6) is -0.396. The standard InChI is InChI=1S/C10H21NO6/c1-6(13)9(5-16-3)17-10(15)8(4-12)11-7(2)14/h6,8-10,12-13,15H,4-5H2,1-3H3,(H,11,14)/t6-,8+,9?,10?/m0/s1. The lowest BCUT2D eigenvalue weighted by molar-refractivity contribution is -0.192. The van der Waals surface area contributed by atoms with E-state index in [9.17, 15) is 15.0 Å². The summed E-state index contributed by atoms with van der Waals surface area (Å²) in [6, 6.07) is -0.939. The molecule has 0 aliphatic rings. The van der Waals surface area contributed by atoms with Crippen molar-refractivity contribution >= 4 is 5.91 Å². The van der Waals surface area contributed by atoms with Gasteiger partial charge in [-0.05, 0) is 6.92 Å². The summed E-state index contributed by atoms with van der Waals surface area (Å²) < 4.78 is 9.93. The molecule has 0 spiro atoms. The van der Waals surface area contributed by atoms with Crippen molar-refractivity contribution in [1.29, 1.82) is 0 Å². The minimum absolute atomic E-state index is 0.0902. The molecule has 0 radical (unpaired) electrons. The van der Waals surface area contributed by atoms with Gasteiger partial charge in [-0.3, -0.25) is 4.79 Å². The van der Waals surface area contributed by atoms with Crippen LogP contribution in [0, 0.1) is 0 Å². The molecule has 0 heterocycles. The van der Waals surface area contributed by atoms with Crippen molar-refractivity contribution in [3.63, 3.8) is 0 Å². The van der Waals surface area contributed by atoms with E-state index in [-0.39, 0.29) is 6.61 Å². The van der Waals surface area contributed by atoms with Crippen LogP contribution in [0.3, 0.4) is 0 Å². The van der Waals surface area contributed by atoms with E-state index in [4.69, 9.17) is 14.6 Å². The fraction of sp³-hybridized carbons (Fsp3) is 0.900. The fourth-order valence-electron chi connectivity index (χ4n) is 1.20. The molecule has 0 aliphatic heterocycles. The molecule has 4 atom stereocenters. The lowest BCUT2D eigenvalue weighted by Gasteiger charge is -2.27. The van der Waals surface area contributed by atoms with Crippen LogP contribution in [0.5, 0.6) is 0 Å². The molecule has 17 heavy (non-hydrogen) atoms. The highest BCUT2D eigenvalue weighted by Gasteiger charge is 2.26. The topological polar surface area (TPSA) is 108 Å². The van der Waals surface area contributed by atoms with Crippen molar-refractivity contribution in [2.45, 2.75) is 38.4 Å². The maximum absolute atomic E-state index is 10.8. The van der Waals surface area contributed by atoms with Crippen LogP contribution in [-0.2, 0) is 14.3 Å². The van der Waals surface area contributed by atoms with E-state index in [0.717, 1.165) is 0 Å². The lowest BCUT2D eigenvalue weighted by Crippen LogP contribution is -2.49. The number of aliphatic hydroxyl groups is 3. The summed E-state index contributed by atoms with van der Waals surface area (Å²) >= 11 is 0. The first-order valence-electron chi connectivity index (χ1n) is 5.30. The second-order valence-corrected chi connectivity index (χ2v) is 3.75. The molecule has 7 heteroatoms. The minimum atomic E-state index is -1.42. The number of hydrogen-bond acceptors (Lipinski definition) is 6. The molecular formula is C10H21NO6. The molecule has 0 aromatic rings. The summed E-state index contributed by atoms with van der Waals surface area (Å²) in [5.41, 5.74) is 0. The number of ether oxygens (including phenoxy) is 2. The molecule has 0 aromatic carbocycles. The number of amides is 1. The van der Waals surface area contributed by atoms with Gasteiger partial charge in [0.2, 0.25) is 5.91 Å². The molecule has 0 saturated carbocycles. The van der Waals surface area contributed by atoms with Crippen molar-refractivity contribution in [2.24, 2.45) is 0 Å². The third kappa shape index (κ3) is 6.54. The smallest absolute Gasteiger partial charge is 0.217 e. The third-order valence-corrected chi connectivity index (χ3v) is 2.11. The van der Waals surface area contributed by atoms with Gasteiger partial charge in [-0.1, -0.05) is 0 Å². The summed E-state index contributed by atoms with van der Waals surface area (Å²) in [6.07, 6.45) is -3.00. The zero-order valence-electron chi connectivity index (χ0n) is 10.3. The van der Waals surface area contributed by atoms with Crippen LogP contribution in [0.1, 0.15) is 13.8 Å². The number of nitrogens with one attached hydrogen (secondary N) is 1. The van der Waals surface area contributed by atoms with Crippen molar-refractivity contribution in [2.75, 3.05) is 20.3 Å². The van der Waals surface area contributed by atoms with Crippen molar-refractivity contribution in [3.8, 4) is 0 Å². The molecule has 0 fully saturated rings. The average Bonchev–Trinajstić information content (AvgIpc) is 2.24. The number of hydrogen-bond donors (Lipinski definition) is 4. The van der Waals surface area contributed by atoms with Crippen LogP contribution < -0.4 is 5.32 Å². The first kappa shape index (κ1) is 16.3. The second kappa shape index (κ2) is 8.37. The largest absolute Gasteiger partial charge is 0.394 e. The summed E-state index contributed by atoms with van der Waals surface area (Å²) in [7, 11) is 1.43. The Kier molecular flexibility index (Phi) is 8.01. The summed E-state index contributed by atoms with van der Waals surface area (Å²) in [4.78, 5) is 10.8. The van der Waals surface area contributed by atoms with Gasteiger partial charge in [0.1, 0.15) is 12.1 Å². The molecule has 7 nitrogen and oxygen atoms in total. The fourth-order valence-corrected chi connectivity index (χ4v) is 1.20. The van der Waals surface area contributed by atoms with E-state index in [0.29, 0.717) is 0 Å². The van der Waals surface area contributed by atoms with Crippen molar-refractivity contribution in [1.82, 2.24) is 5.32 Å². The first-order chi connectivity index (χ1) is 7.92. The third-order valence-electron chi connectivity index (χ3n) is 2.11. The van der Waals surface area contributed by atoms with Gasteiger partial charge in [0.25, 0.3) is 0 Å². The van der Waals surface area contributed by atoms with Gasteiger partial charge in [0.05, 0.1) is 19.3 Å². The number of rotatable bonds is 8. The Labute approximate surface area is 100 Å². The highest BCUT2D eigenvalue weighted by molar-refractivity contribution is 5.73. The maximum atomic E-state index is 10.8. The van der Waals surface area contributed by atoms with E-state index in [1.165, 1.54) is 21.0 Å². The normalized spacial score (nSPS) is 18.2. The second-order valence-electron chi connectivity index (χ2n) is 3.75. The van der Waals surface area contributed by atoms with E-state index in [1.54, 1.807) is 0 Å². The molecule has 0 saturated heterocycles. The molecule has 102 valence electrons. The maximum Gasteiger partial charge on any atom is 0.217 e. The number of carbonyl (C=O) groups is 1. The Balaban J connectivity index is 4.34. The Hall–Kier alpha value is -0.730. The van der Waals surface area contributed by atoms with Crippen LogP contribution >= 0.6 is 0 Å². The molecule has 0 bridgehead atoms. The zero-order valence-corrected chi connectivity index (χ0v) is 10.3. The lowest BCUT2D eigenvalue weighted by atomic mass is 10.2. The molecule has 0 aliphatic carbocycles. The zero-order chi connectivity index (χ0) is 13.4. The van der Waals surface area contributed by atoms with E-state index < -0.39 is 37.1 Å². The van der Waals surface area contributed by atoms with Crippen LogP contribution in [0.25, 0.3) is 0 Å². The predicted molar refractivity (Wildman–Crippen MR) is 59.1 cm³/mol. The molecule has 4 N–H and O–H groups in total. The Morgan fingerprint density at radius 2 is 2.00 bits per heavy atom. The van der Waals surface area contributed by atoms with Gasteiger partial charge in [0.15, 0.2) is 6.29 Å². The van der Waals surface area contributed by atoms with E-state index >= 15 is 0 Å². The van der Waals surface area contributed by atoms with Gasteiger partial charge in [-0.15, -0.1) is 0 Å². The Morgan fingerprint density at radius 3 is 2.35 bits per heavy atom. The van der Waals surface area contributed by atoms with Gasteiger partial charge in [-0.25, -0.2) is 0 Å². The number of aliphatic hydroxyl groups excluding tert-OH is 3. The molecule has 2 unspecified atom stereocenters. The summed E-state index contributed by atoms with van der Waals surface area (Å²) in [5, 5.41) is 30.3. The van der Waals surface area contributed by atoms with Crippen LogP contribution in [0.4, 0.5) is 0 Å². The molecular weight excluding hydrogens is 230 g/mol.